The molecule has 0 saturated carbocycles. The molecule has 1 aliphatic carbocycles. The van der Waals surface area contributed by atoms with Crippen molar-refractivity contribution in [2.24, 2.45) is 0 Å². The second-order valence-corrected chi connectivity index (χ2v) is 12.7. The van der Waals surface area contributed by atoms with Crippen LogP contribution in [-0.2, 0) is 46.6 Å². The Balaban J connectivity index is 1.23. The van der Waals surface area contributed by atoms with Crippen LogP contribution in [-0.4, -0.2) is 48.1 Å². The van der Waals surface area contributed by atoms with E-state index in [9.17, 15) is 14.0 Å². The monoisotopic (exact) mass is 680 g/mol. The van der Waals surface area contributed by atoms with E-state index in [4.69, 9.17) is 19.2 Å². The van der Waals surface area contributed by atoms with Gasteiger partial charge in [-0.2, -0.15) is 0 Å². The van der Waals surface area contributed by atoms with Crippen LogP contribution in [0.25, 0.3) is 0 Å². The van der Waals surface area contributed by atoms with Crippen molar-refractivity contribution in [1.82, 2.24) is 9.88 Å². The van der Waals surface area contributed by atoms with E-state index in [0.29, 0.717) is 31.9 Å². The van der Waals surface area contributed by atoms with Gasteiger partial charge in [-0.15, -0.1) is 0 Å². The van der Waals surface area contributed by atoms with Crippen molar-refractivity contribution >= 4 is 11.9 Å². The molecule has 1 heterocycles. The lowest BCUT2D eigenvalue weighted by molar-refractivity contribution is -0.143. The predicted molar refractivity (Wildman–Crippen MR) is 193 cm³/mol. The fourth-order valence-electron chi connectivity index (χ4n) is 6.59. The minimum Gasteiger partial charge on any atom is -0.489 e. The third-order valence-corrected chi connectivity index (χ3v) is 9.24. The highest BCUT2D eigenvalue weighted by molar-refractivity contribution is 5.87. The van der Waals surface area contributed by atoms with Gasteiger partial charge < -0.3 is 14.2 Å². The Morgan fingerprint density at radius 1 is 0.800 bits per heavy atom. The molecule has 0 fully saturated rings. The number of fused-ring (bicyclic) bond motifs is 1. The second kappa shape index (κ2) is 19.0. The lowest BCUT2D eigenvalue weighted by atomic mass is 9.89. The number of unbranched alkanes of at least 4 members (excludes halogenated alkanes) is 1. The average Bonchev–Trinajstić information content (AvgIpc) is 3.14. The van der Waals surface area contributed by atoms with Gasteiger partial charge in [-0.1, -0.05) is 60.7 Å². The first-order valence-corrected chi connectivity index (χ1v) is 18.0. The topological polar surface area (TPSA) is 78.0 Å². The molecule has 0 radical (unpaired) electrons. The quantitative estimate of drug-likeness (QED) is 0.0772. The number of pyridine rings is 1. The van der Waals surface area contributed by atoms with Crippen molar-refractivity contribution in [3.63, 3.8) is 0 Å². The second-order valence-electron chi connectivity index (χ2n) is 12.7. The van der Waals surface area contributed by atoms with Gasteiger partial charge in [0.2, 0.25) is 0 Å². The molecule has 0 saturated heterocycles. The summed E-state index contributed by atoms with van der Waals surface area (Å²) in [6.45, 7) is 6.46. The minimum absolute atomic E-state index is 0.150. The first kappa shape index (κ1) is 36.7. The zero-order valence-electron chi connectivity index (χ0n) is 29.4. The summed E-state index contributed by atoms with van der Waals surface area (Å²) in [5.74, 6) is 0.130. The number of carbonyl (C=O) groups excluding carboxylic acids is 2. The van der Waals surface area contributed by atoms with E-state index in [0.717, 1.165) is 92.6 Å². The number of esters is 2. The number of ether oxygens (including phenoxy) is 3. The normalized spacial score (nSPS) is 13.9. The van der Waals surface area contributed by atoms with Crippen molar-refractivity contribution in [3.8, 4) is 5.75 Å². The van der Waals surface area contributed by atoms with Crippen molar-refractivity contribution in [1.29, 1.82) is 0 Å². The molecule has 1 aliphatic rings. The van der Waals surface area contributed by atoms with Crippen LogP contribution in [0.3, 0.4) is 0 Å². The van der Waals surface area contributed by atoms with Crippen LogP contribution in [0.5, 0.6) is 5.75 Å². The van der Waals surface area contributed by atoms with Gasteiger partial charge >= 0.3 is 11.9 Å². The summed E-state index contributed by atoms with van der Waals surface area (Å²) in [7, 11) is 0. The molecule has 1 unspecified atom stereocenters. The Kier molecular flexibility index (Phi) is 13.9. The molecule has 0 N–H and O–H groups in total. The van der Waals surface area contributed by atoms with Gasteiger partial charge in [-0.05, 0) is 124 Å². The fourth-order valence-corrected chi connectivity index (χ4v) is 6.59. The maximum atomic E-state index is 13.2. The van der Waals surface area contributed by atoms with E-state index in [2.05, 4.69) is 47.4 Å². The SMILES string of the molecule is CCOC(=O)CCCCN(CCc1ccccc1OCc1ccc(CCc2ccc(F)cc2)cc1)C1CCCc2nc(C(=O)OCC)ccc21. The van der Waals surface area contributed by atoms with Crippen LogP contribution in [0.2, 0.25) is 0 Å². The summed E-state index contributed by atoms with van der Waals surface area (Å²) < 4.78 is 30.0. The number of halogens is 1. The molecule has 0 spiro atoms. The standard InChI is InChI=1S/C42H49FN2O5/c1-3-48-41(46)14-7-8-28-45(39-12-9-11-37-36(39)25-26-38(44-37)42(47)49-4-2)29-27-34-10-5-6-13-40(34)50-30-33-19-17-31(18-20-33)15-16-32-21-23-35(43)24-22-32/h5-6,10,13,17-26,39H,3-4,7-9,11-12,14-16,27-30H2,1-2H3. The molecule has 1 atom stereocenters. The molecule has 4 aromatic rings. The number of aromatic nitrogens is 1. The van der Waals surface area contributed by atoms with Gasteiger partial charge in [0, 0.05) is 24.7 Å². The first-order chi connectivity index (χ1) is 24.4. The van der Waals surface area contributed by atoms with Gasteiger partial charge in [-0.25, -0.2) is 14.2 Å². The number of aryl methyl sites for hydroxylation is 3. The highest BCUT2D eigenvalue weighted by atomic mass is 19.1. The molecule has 1 aromatic heterocycles. The Morgan fingerprint density at radius 3 is 2.24 bits per heavy atom. The molecule has 7 nitrogen and oxygen atoms in total. The number of nitrogens with zero attached hydrogens (tertiary/aromatic N) is 2. The molecule has 8 heteroatoms. The summed E-state index contributed by atoms with van der Waals surface area (Å²) in [5, 5.41) is 0. The molecule has 0 bridgehead atoms. The highest BCUT2D eigenvalue weighted by Gasteiger charge is 2.28. The Hall–Kier alpha value is -4.56. The molecule has 3 aromatic carbocycles. The Labute approximate surface area is 295 Å². The number of hydrogen-bond donors (Lipinski definition) is 0. The van der Waals surface area contributed by atoms with Crippen molar-refractivity contribution in [3.05, 3.63) is 130 Å². The number of benzene rings is 3. The van der Waals surface area contributed by atoms with E-state index >= 15 is 0 Å². The molecule has 0 amide bonds. The summed E-state index contributed by atoms with van der Waals surface area (Å²) in [4.78, 5) is 31.6. The van der Waals surface area contributed by atoms with Gasteiger partial charge in [-0.3, -0.25) is 9.69 Å². The third kappa shape index (κ3) is 10.7. The van der Waals surface area contributed by atoms with Crippen LogP contribution in [0.4, 0.5) is 4.39 Å². The number of para-hydroxylation sites is 1. The van der Waals surface area contributed by atoms with Gasteiger partial charge in [0.1, 0.15) is 23.9 Å². The zero-order valence-corrected chi connectivity index (χ0v) is 29.4. The third-order valence-electron chi connectivity index (χ3n) is 9.24. The van der Waals surface area contributed by atoms with E-state index in [1.807, 2.05) is 31.2 Å². The first-order valence-electron chi connectivity index (χ1n) is 18.0. The van der Waals surface area contributed by atoms with Crippen LogP contribution in [0.1, 0.15) is 96.0 Å². The van der Waals surface area contributed by atoms with Gasteiger partial charge in [0.15, 0.2) is 0 Å². The lowest BCUT2D eigenvalue weighted by Crippen LogP contribution is -2.34. The minimum atomic E-state index is -0.386. The van der Waals surface area contributed by atoms with E-state index in [1.54, 1.807) is 13.0 Å². The molecule has 50 heavy (non-hydrogen) atoms. The summed E-state index contributed by atoms with van der Waals surface area (Å²) in [6.07, 6.45) is 7.44. The largest absolute Gasteiger partial charge is 0.489 e. The van der Waals surface area contributed by atoms with Crippen molar-refractivity contribution in [2.75, 3.05) is 26.3 Å². The summed E-state index contributed by atoms with van der Waals surface area (Å²) in [5.41, 5.74) is 7.09. The average molecular weight is 681 g/mol. The van der Waals surface area contributed by atoms with Crippen molar-refractivity contribution in [2.45, 2.75) is 84.3 Å². The maximum Gasteiger partial charge on any atom is 0.356 e. The molecular formula is C42H49FN2O5. The summed E-state index contributed by atoms with van der Waals surface area (Å²) >= 11 is 0. The van der Waals surface area contributed by atoms with Crippen LogP contribution >= 0.6 is 0 Å². The molecular weight excluding hydrogens is 631 g/mol. The van der Waals surface area contributed by atoms with E-state index < -0.39 is 0 Å². The van der Waals surface area contributed by atoms with Crippen LogP contribution in [0.15, 0.2) is 84.9 Å². The fraction of sp³-hybridized carbons (Fsp3) is 0.405. The number of carbonyl (C=O) groups is 2. The maximum absolute atomic E-state index is 13.2. The number of hydrogen-bond acceptors (Lipinski definition) is 7. The van der Waals surface area contributed by atoms with Crippen molar-refractivity contribution < 1.29 is 28.2 Å². The lowest BCUT2D eigenvalue weighted by Gasteiger charge is -2.36. The van der Waals surface area contributed by atoms with Gasteiger partial charge in [0.25, 0.3) is 0 Å². The molecule has 5 rings (SSSR count). The van der Waals surface area contributed by atoms with E-state index in [-0.39, 0.29) is 23.8 Å². The summed E-state index contributed by atoms with van der Waals surface area (Å²) in [6, 6.07) is 27.4. The molecule has 264 valence electrons. The number of rotatable bonds is 18. The van der Waals surface area contributed by atoms with Crippen LogP contribution < -0.4 is 4.74 Å². The zero-order chi connectivity index (χ0) is 35.1. The van der Waals surface area contributed by atoms with E-state index in [1.165, 1.54) is 23.3 Å². The predicted octanol–water partition coefficient (Wildman–Crippen LogP) is 8.42. The smallest absolute Gasteiger partial charge is 0.356 e. The van der Waals surface area contributed by atoms with Crippen LogP contribution in [0, 0.1) is 5.82 Å². The Bertz CT molecular complexity index is 1670. The highest BCUT2D eigenvalue weighted by Crippen LogP contribution is 2.34. The molecule has 0 aliphatic heterocycles. The Morgan fingerprint density at radius 2 is 1.50 bits per heavy atom. The van der Waals surface area contributed by atoms with Gasteiger partial charge in [0.05, 0.1) is 13.2 Å².